The summed E-state index contributed by atoms with van der Waals surface area (Å²) >= 11 is 0. The summed E-state index contributed by atoms with van der Waals surface area (Å²) in [7, 11) is 1.57. The molecule has 2 aromatic rings. The number of carbonyl (C=O) groups excluding carboxylic acids is 1. The van der Waals surface area contributed by atoms with Gasteiger partial charge in [0, 0.05) is 12.0 Å². The van der Waals surface area contributed by atoms with Crippen molar-refractivity contribution in [2.45, 2.75) is 19.3 Å². The Hall–Kier alpha value is -2.56. The highest BCUT2D eigenvalue weighted by Gasteiger charge is 2.19. The van der Waals surface area contributed by atoms with Crippen LogP contribution in [-0.4, -0.2) is 18.8 Å². The highest BCUT2D eigenvalue weighted by Crippen LogP contribution is 2.23. The van der Waals surface area contributed by atoms with Crippen LogP contribution in [-0.2, 0) is 11.3 Å². The molecule has 0 saturated heterocycles. The fourth-order valence-electron chi connectivity index (χ4n) is 2.31. The maximum atomic E-state index is 11.9. The monoisotopic (exact) mass is 285 g/mol. The molecule has 5 heteroatoms. The first-order valence-electron chi connectivity index (χ1n) is 6.77. The van der Waals surface area contributed by atoms with Crippen molar-refractivity contribution in [3.8, 4) is 5.75 Å². The second kappa shape index (κ2) is 5.83. The van der Waals surface area contributed by atoms with Crippen LogP contribution in [0, 0.1) is 0 Å². The average molecular weight is 285 g/mol. The van der Waals surface area contributed by atoms with E-state index in [4.69, 9.17) is 14.0 Å². The number of hydrogen-bond acceptors (Lipinski definition) is 5. The van der Waals surface area contributed by atoms with Crippen molar-refractivity contribution in [3.63, 3.8) is 0 Å². The molecule has 0 aliphatic heterocycles. The van der Waals surface area contributed by atoms with Crippen molar-refractivity contribution in [1.29, 1.82) is 0 Å². The fourth-order valence-corrected chi connectivity index (χ4v) is 2.31. The average Bonchev–Trinajstić information content (AvgIpc) is 3.02. The minimum Gasteiger partial charge on any atom is -0.497 e. The predicted octanol–water partition coefficient (Wildman–Crippen LogP) is 3.19. The predicted molar refractivity (Wildman–Crippen MR) is 76.6 cm³/mol. The van der Waals surface area contributed by atoms with Gasteiger partial charge < -0.3 is 14.0 Å². The minimum atomic E-state index is -0.485. The van der Waals surface area contributed by atoms with Gasteiger partial charge in [-0.2, -0.15) is 0 Å². The first kappa shape index (κ1) is 13.4. The van der Waals surface area contributed by atoms with Crippen LogP contribution in [0.5, 0.6) is 5.75 Å². The Balaban J connectivity index is 1.72. The third-order valence-electron chi connectivity index (χ3n) is 3.44. The van der Waals surface area contributed by atoms with Crippen LogP contribution < -0.4 is 4.74 Å². The molecule has 1 aromatic carbocycles. The third kappa shape index (κ3) is 2.81. The molecule has 108 valence electrons. The summed E-state index contributed by atoms with van der Waals surface area (Å²) in [4.78, 5) is 17.0. The van der Waals surface area contributed by atoms with Gasteiger partial charge in [0.25, 0.3) is 0 Å². The topological polar surface area (TPSA) is 61.0 Å². The molecule has 5 nitrogen and oxygen atoms in total. The molecular formula is C16H15NO4. The van der Waals surface area contributed by atoms with Crippen LogP contribution in [0.3, 0.4) is 0 Å². The van der Waals surface area contributed by atoms with Crippen molar-refractivity contribution in [2.75, 3.05) is 7.11 Å². The zero-order valence-corrected chi connectivity index (χ0v) is 11.7. The van der Waals surface area contributed by atoms with Crippen LogP contribution in [0.25, 0.3) is 0 Å². The lowest BCUT2D eigenvalue weighted by atomic mass is 9.97. The van der Waals surface area contributed by atoms with E-state index < -0.39 is 5.97 Å². The van der Waals surface area contributed by atoms with Crippen LogP contribution in [0.15, 0.2) is 46.2 Å². The molecule has 1 aliphatic carbocycles. The van der Waals surface area contributed by atoms with Crippen molar-refractivity contribution in [2.24, 2.45) is 5.16 Å². The Bertz CT molecular complexity index is 670. The third-order valence-corrected chi connectivity index (χ3v) is 3.44. The standard InChI is InChI=1S/C16H15NO4/c1-19-12-7-5-11(6-8-12)16(18)21-17-14-3-2-4-15-13(14)9-10-20-15/h5-10H,2-4H2,1H3/b17-14+. The fraction of sp³-hybridized carbons (Fsp3) is 0.250. The van der Waals surface area contributed by atoms with Gasteiger partial charge in [0.15, 0.2) is 0 Å². The molecule has 1 aromatic heterocycles. The lowest BCUT2D eigenvalue weighted by molar-refractivity contribution is 0.0515. The summed E-state index contributed by atoms with van der Waals surface area (Å²) in [5.74, 6) is 1.11. The Morgan fingerprint density at radius 2 is 2.00 bits per heavy atom. The lowest BCUT2D eigenvalue weighted by Gasteiger charge is -2.11. The van der Waals surface area contributed by atoms with Crippen LogP contribution in [0.1, 0.15) is 34.5 Å². The molecule has 0 saturated carbocycles. The molecule has 0 fully saturated rings. The minimum absolute atomic E-state index is 0.434. The molecule has 1 aliphatic rings. The lowest BCUT2D eigenvalue weighted by Crippen LogP contribution is -2.11. The zero-order valence-electron chi connectivity index (χ0n) is 11.7. The van der Waals surface area contributed by atoms with Gasteiger partial charge in [-0.1, -0.05) is 5.16 Å². The molecule has 0 radical (unpaired) electrons. The van der Waals surface area contributed by atoms with Crippen molar-refractivity contribution in [1.82, 2.24) is 0 Å². The Kier molecular flexibility index (Phi) is 3.73. The summed E-state index contributed by atoms with van der Waals surface area (Å²) in [5.41, 5.74) is 2.12. The van der Waals surface area contributed by atoms with Gasteiger partial charge in [0.2, 0.25) is 0 Å². The van der Waals surface area contributed by atoms with E-state index >= 15 is 0 Å². The number of furan rings is 1. The van der Waals surface area contributed by atoms with E-state index in [-0.39, 0.29) is 0 Å². The smallest absolute Gasteiger partial charge is 0.365 e. The van der Waals surface area contributed by atoms with E-state index in [1.165, 1.54) is 0 Å². The number of fused-ring (bicyclic) bond motifs is 1. The normalized spacial score (nSPS) is 15.6. The maximum absolute atomic E-state index is 11.9. The van der Waals surface area contributed by atoms with Gasteiger partial charge in [-0.15, -0.1) is 0 Å². The summed E-state index contributed by atoms with van der Waals surface area (Å²) < 4.78 is 10.4. The van der Waals surface area contributed by atoms with Crippen molar-refractivity contribution < 1.29 is 18.8 Å². The van der Waals surface area contributed by atoms with Gasteiger partial charge in [-0.05, 0) is 43.2 Å². The van der Waals surface area contributed by atoms with Crippen LogP contribution in [0.2, 0.25) is 0 Å². The van der Waals surface area contributed by atoms with Gasteiger partial charge in [0.1, 0.15) is 11.5 Å². The molecule has 0 spiro atoms. The zero-order chi connectivity index (χ0) is 14.7. The molecule has 0 N–H and O–H groups in total. The highest BCUT2D eigenvalue weighted by molar-refractivity contribution is 6.02. The number of aryl methyl sites for hydroxylation is 1. The Morgan fingerprint density at radius 1 is 1.19 bits per heavy atom. The summed E-state index contributed by atoms with van der Waals surface area (Å²) in [6, 6.07) is 8.56. The number of methoxy groups -OCH3 is 1. The van der Waals surface area contributed by atoms with Gasteiger partial charge in [-0.3, -0.25) is 0 Å². The van der Waals surface area contributed by atoms with E-state index in [0.29, 0.717) is 11.3 Å². The SMILES string of the molecule is COc1ccc(C(=O)O/N=C2\CCCc3occc32)cc1. The first-order valence-corrected chi connectivity index (χ1v) is 6.77. The Labute approximate surface area is 122 Å². The number of ether oxygens (including phenoxy) is 1. The van der Waals surface area contributed by atoms with E-state index in [2.05, 4.69) is 5.16 Å². The number of benzene rings is 1. The number of carbonyl (C=O) groups is 1. The molecule has 0 unspecified atom stereocenters. The molecule has 0 bridgehead atoms. The van der Waals surface area contributed by atoms with E-state index in [0.717, 1.165) is 36.3 Å². The van der Waals surface area contributed by atoms with Gasteiger partial charge >= 0.3 is 5.97 Å². The van der Waals surface area contributed by atoms with Crippen LogP contribution >= 0.6 is 0 Å². The molecule has 3 rings (SSSR count). The number of nitrogens with zero attached hydrogens (tertiary/aromatic N) is 1. The second-order valence-electron chi connectivity index (χ2n) is 4.76. The molecule has 21 heavy (non-hydrogen) atoms. The molecule has 0 amide bonds. The number of rotatable bonds is 3. The summed E-state index contributed by atoms with van der Waals surface area (Å²) in [6.45, 7) is 0. The van der Waals surface area contributed by atoms with Gasteiger partial charge in [-0.25, -0.2) is 4.79 Å². The second-order valence-corrected chi connectivity index (χ2v) is 4.76. The highest BCUT2D eigenvalue weighted by atomic mass is 16.7. The quantitative estimate of drug-likeness (QED) is 0.642. The largest absolute Gasteiger partial charge is 0.497 e. The maximum Gasteiger partial charge on any atom is 0.365 e. The van der Waals surface area contributed by atoms with E-state index in [9.17, 15) is 4.79 Å². The molecule has 1 heterocycles. The molecular weight excluding hydrogens is 270 g/mol. The molecule has 0 atom stereocenters. The Morgan fingerprint density at radius 3 is 2.76 bits per heavy atom. The van der Waals surface area contributed by atoms with Crippen molar-refractivity contribution in [3.05, 3.63) is 53.5 Å². The number of hydrogen-bond donors (Lipinski definition) is 0. The van der Waals surface area contributed by atoms with Crippen molar-refractivity contribution >= 4 is 11.7 Å². The summed E-state index contributed by atoms with van der Waals surface area (Å²) in [6.07, 6.45) is 4.26. The van der Waals surface area contributed by atoms with Gasteiger partial charge in [0.05, 0.1) is 24.6 Å². The van der Waals surface area contributed by atoms with E-state index in [1.54, 1.807) is 37.6 Å². The number of oxime groups is 1. The first-order chi connectivity index (χ1) is 10.3. The van der Waals surface area contributed by atoms with Crippen LogP contribution in [0.4, 0.5) is 0 Å². The summed E-state index contributed by atoms with van der Waals surface area (Å²) in [5, 5.41) is 3.99. The van der Waals surface area contributed by atoms with E-state index in [1.807, 2.05) is 6.07 Å².